The molecule has 0 aromatic heterocycles. The van der Waals surface area contributed by atoms with Crippen molar-refractivity contribution in [1.29, 1.82) is 0 Å². The van der Waals surface area contributed by atoms with Gasteiger partial charge in [0.2, 0.25) is 5.91 Å². The van der Waals surface area contributed by atoms with Crippen LogP contribution in [0.3, 0.4) is 0 Å². The van der Waals surface area contributed by atoms with Crippen molar-refractivity contribution in [3.8, 4) is 5.75 Å². The molecular formula is C21H25FN2O2. The van der Waals surface area contributed by atoms with Gasteiger partial charge in [0, 0.05) is 32.6 Å². The highest BCUT2D eigenvalue weighted by molar-refractivity contribution is 5.76. The molecule has 0 aliphatic carbocycles. The smallest absolute Gasteiger partial charge is 0.223 e. The Morgan fingerprint density at radius 1 is 1.04 bits per heavy atom. The average Bonchev–Trinajstić information content (AvgIpc) is 2.68. The van der Waals surface area contributed by atoms with Crippen LogP contribution in [0.25, 0.3) is 0 Å². The fourth-order valence-corrected chi connectivity index (χ4v) is 3.23. The van der Waals surface area contributed by atoms with Crippen molar-refractivity contribution in [2.24, 2.45) is 0 Å². The maximum absolute atomic E-state index is 13.9. The third-order valence-electron chi connectivity index (χ3n) is 4.69. The van der Waals surface area contributed by atoms with Gasteiger partial charge in [0.05, 0.1) is 12.3 Å². The summed E-state index contributed by atoms with van der Waals surface area (Å²) >= 11 is 0. The fourth-order valence-electron chi connectivity index (χ4n) is 3.23. The Balaban J connectivity index is 1.47. The maximum atomic E-state index is 13.9. The van der Waals surface area contributed by atoms with Gasteiger partial charge in [-0.05, 0) is 43.2 Å². The Morgan fingerprint density at radius 2 is 1.73 bits per heavy atom. The molecule has 0 radical (unpaired) electrons. The number of anilines is 1. The lowest BCUT2D eigenvalue weighted by Crippen LogP contribution is -2.49. The minimum Gasteiger partial charge on any atom is -0.494 e. The van der Waals surface area contributed by atoms with E-state index in [0.717, 1.165) is 17.7 Å². The Kier molecular flexibility index (Phi) is 6.10. The van der Waals surface area contributed by atoms with Gasteiger partial charge in [-0.1, -0.05) is 24.3 Å². The number of benzene rings is 2. The van der Waals surface area contributed by atoms with E-state index in [0.29, 0.717) is 44.9 Å². The molecule has 4 nitrogen and oxygen atoms in total. The number of amides is 1. The van der Waals surface area contributed by atoms with Gasteiger partial charge in [-0.3, -0.25) is 4.79 Å². The lowest BCUT2D eigenvalue weighted by molar-refractivity contribution is -0.131. The molecule has 5 heteroatoms. The molecule has 1 aliphatic heterocycles. The normalized spacial score (nSPS) is 14.4. The summed E-state index contributed by atoms with van der Waals surface area (Å²) in [5.74, 6) is 0.807. The zero-order valence-corrected chi connectivity index (χ0v) is 15.2. The summed E-state index contributed by atoms with van der Waals surface area (Å²) in [4.78, 5) is 16.3. The van der Waals surface area contributed by atoms with Crippen molar-refractivity contribution in [3.05, 3.63) is 59.9 Å². The monoisotopic (exact) mass is 356 g/mol. The van der Waals surface area contributed by atoms with E-state index in [-0.39, 0.29) is 11.7 Å². The highest BCUT2D eigenvalue weighted by Crippen LogP contribution is 2.20. The highest BCUT2D eigenvalue weighted by atomic mass is 19.1. The summed E-state index contributed by atoms with van der Waals surface area (Å²) in [5.41, 5.74) is 1.75. The average molecular weight is 356 g/mol. The van der Waals surface area contributed by atoms with Gasteiger partial charge in [0.25, 0.3) is 0 Å². The quantitative estimate of drug-likeness (QED) is 0.794. The molecule has 1 fully saturated rings. The third-order valence-corrected chi connectivity index (χ3v) is 4.69. The molecule has 1 heterocycles. The highest BCUT2D eigenvalue weighted by Gasteiger charge is 2.22. The van der Waals surface area contributed by atoms with Gasteiger partial charge in [-0.25, -0.2) is 4.39 Å². The Hall–Kier alpha value is -2.56. The number of carbonyl (C=O) groups excluding carboxylic acids is 1. The summed E-state index contributed by atoms with van der Waals surface area (Å²) in [5, 5.41) is 0. The second-order valence-electron chi connectivity index (χ2n) is 6.40. The molecule has 0 N–H and O–H groups in total. The van der Waals surface area contributed by atoms with Crippen molar-refractivity contribution in [1.82, 2.24) is 4.90 Å². The Bertz CT molecular complexity index is 725. The third kappa shape index (κ3) is 4.54. The predicted octanol–water partition coefficient (Wildman–Crippen LogP) is 3.51. The van der Waals surface area contributed by atoms with E-state index in [1.807, 2.05) is 47.1 Å². The number of piperazine rings is 1. The molecular weight excluding hydrogens is 331 g/mol. The number of hydrogen-bond donors (Lipinski definition) is 0. The van der Waals surface area contributed by atoms with Gasteiger partial charge in [0.1, 0.15) is 11.6 Å². The van der Waals surface area contributed by atoms with Crippen LogP contribution in [0.2, 0.25) is 0 Å². The van der Waals surface area contributed by atoms with Crippen molar-refractivity contribution >= 4 is 11.6 Å². The van der Waals surface area contributed by atoms with Crippen LogP contribution in [-0.4, -0.2) is 43.6 Å². The summed E-state index contributed by atoms with van der Waals surface area (Å²) in [6.07, 6.45) is 1.21. The molecule has 1 saturated heterocycles. The summed E-state index contributed by atoms with van der Waals surface area (Å²) in [6.45, 7) is 5.20. The largest absolute Gasteiger partial charge is 0.494 e. The zero-order chi connectivity index (χ0) is 18.4. The number of aryl methyl sites for hydroxylation is 1. The number of nitrogens with zero attached hydrogens (tertiary/aromatic N) is 2. The van der Waals surface area contributed by atoms with Crippen LogP contribution >= 0.6 is 0 Å². The van der Waals surface area contributed by atoms with Crippen molar-refractivity contribution in [3.63, 3.8) is 0 Å². The van der Waals surface area contributed by atoms with E-state index < -0.39 is 0 Å². The number of halogens is 1. The predicted molar refractivity (Wildman–Crippen MR) is 101 cm³/mol. The van der Waals surface area contributed by atoms with Gasteiger partial charge in [-0.15, -0.1) is 0 Å². The van der Waals surface area contributed by atoms with Crippen LogP contribution in [0.15, 0.2) is 48.5 Å². The minimum absolute atomic E-state index is 0.159. The minimum atomic E-state index is -0.206. The van der Waals surface area contributed by atoms with Crippen molar-refractivity contribution in [2.75, 3.05) is 37.7 Å². The second kappa shape index (κ2) is 8.70. The summed E-state index contributed by atoms with van der Waals surface area (Å²) in [6, 6.07) is 14.7. The van der Waals surface area contributed by atoms with Crippen LogP contribution in [0, 0.1) is 5.82 Å². The number of para-hydroxylation sites is 1. The van der Waals surface area contributed by atoms with E-state index in [1.54, 1.807) is 12.1 Å². The molecule has 2 aromatic carbocycles. The molecule has 0 unspecified atom stereocenters. The second-order valence-corrected chi connectivity index (χ2v) is 6.40. The number of carbonyl (C=O) groups is 1. The number of hydrogen-bond acceptors (Lipinski definition) is 3. The lowest BCUT2D eigenvalue weighted by atomic mass is 10.1. The summed E-state index contributed by atoms with van der Waals surface area (Å²) in [7, 11) is 0. The van der Waals surface area contributed by atoms with Gasteiger partial charge < -0.3 is 14.5 Å². The topological polar surface area (TPSA) is 32.8 Å². The van der Waals surface area contributed by atoms with Crippen LogP contribution in [0.4, 0.5) is 10.1 Å². The van der Waals surface area contributed by atoms with Crippen LogP contribution in [0.5, 0.6) is 5.75 Å². The zero-order valence-electron chi connectivity index (χ0n) is 15.2. The first-order valence-corrected chi connectivity index (χ1v) is 9.16. The van der Waals surface area contributed by atoms with E-state index in [4.69, 9.17) is 4.74 Å². The van der Waals surface area contributed by atoms with Gasteiger partial charge >= 0.3 is 0 Å². The van der Waals surface area contributed by atoms with Crippen LogP contribution in [-0.2, 0) is 11.2 Å². The first kappa shape index (κ1) is 18.2. The SMILES string of the molecule is CCOc1ccc(CCC(=O)N2CCN(c3ccccc3F)CC2)cc1. The van der Waals surface area contributed by atoms with Crippen LogP contribution < -0.4 is 9.64 Å². The molecule has 0 bridgehead atoms. The standard InChI is InChI=1S/C21H25FN2O2/c1-2-26-18-10-7-17(8-11-18)9-12-21(25)24-15-13-23(14-16-24)20-6-4-3-5-19(20)22/h3-8,10-11H,2,9,12-16H2,1H3. The molecule has 0 spiro atoms. The molecule has 3 rings (SSSR count). The Morgan fingerprint density at radius 3 is 2.38 bits per heavy atom. The van der Waals surface area contributed by atoms with Crippen molar-refractivity contribution in [2.45, 2.75) is 19.8 Å². The van der Waals surface area contributed by atoms with Crippen LogP contribution in [0.1, 0.15) is 18.9 Å². The van der Waals surface area contributed by atoms with E-state index >= 15 is 0 Å². The molecule has 26 heavy (non-hydrogen) atoms. The lowest BCUT2D eigenvalue weighted by Gasteiger charge is -2.36. The molecule has 0 atom stereocenters. The first-order chi connectivity index (χ1) is 12.7. The summed E-state index contributed by atoms with van der Waals surface area (Å²) < 4.78 is 19.3. The first-order valence-electron chi connectivity index (χ1n) is 9.16. The molecule has 1 amide bonds. The van der Waals surface area contributed by atoms with E-state index in [2.05, 4.69) is 0 Å². The van der Waals surface area contributed by atoms with E-state index in [9.17, 15) is 9.18 Å². The number of ether oxygens (including phenoxy) is 1. The number of rotatable bonds is 6. The van der Waals surface area contributed by atoms with Gasteiger partial charge in [-0.2, -0.15) is 0 Å². The molecule has 0 saturated carbocycles. The Labute approximate surface area is 154 Å². The maximum Gasteiger partial charge on any atom is 0.223 e. The molecule has 1 aliphatic rings. The fraction of sp³-hybridized carbons (Fsp3) is 0.381. The molecule has 2 aromatic rings. The molecule has 138 valence electrons. The van der Waals surface area contributed by atoms with Crippen molar-refractivity contribution < 1.29 is 13.9 Å². The van der Waals surface area contributed by atoms with Gasteiger partial charge in [0.15, 0.2) is 0 Å². The van der Waals surface area contributed by atoms with E-state index in [1.165, 1.54) is 6.07 Å².